The standard InChI is InChI=1S/C10H6Br2Cl2N2S/c11-5-1-8(9(13)16-3-5)15-4-6-2-7(12)10(14)17-6/h1-3,15H,4H2. The van der Waals surface area contributed by atoms with Crippen LogP contribution in [0.15, 0.2) is 27.3 Å². The van der Waals surface area contributed by atoms with Crippen LogP contribution in [0.3, 0.4) is 0 Å². The Kier molecular flexibility index (Phi) is 4.72. The van der Waals surface area contributed by atoms with Gasteiger partial charge in [0.1, 0.15) is 4.34 Å². The Balaban J connectivity index is 2.09. The molecule has 0 aliphatic rings. The third-order valence-electron chi connectivity index (χ3n) is 1.95. The second-order valence-corrected chi connectivity index (χ2v) is 7.05. The number of anilines is 1. The molecule has 2 nitrogen and oxygen atoms in total. The predicted molar refractivity (Wildman–Crippen MR) is 81.3 cm³/mol. The number of nitrogens with zero attached hydrogens (tertiary/aromatic N) is 1. The number of hydrogen-bond donors (Lipinski definition) is 1. The third-order valence-corrected chi connectivity index (χ3v) is 5.16. The van der Waals surface area contributed by atoms with E-state index in [-0.39, 0.29) is 0 Å². The lowest BCUT2D eigenvalue weighted by Crippen LogP contribution is -1.98. The van der Waals surface area contributed by atoms with E-state index >= 15 is 0 Å². The van der Waals surface area contributed by atoms with E-state index < -0.39 is 0 Å². The van der Waals surface area contributed by atoms with Crippen molar-refractivity contribution in [1.29, 1.82) is 0 Å². The van der Waals surface area contributed by atoms with Crippen molar-refractivity contribution in [3.8, 4) is 0 Å². The Morgan fingerprint density at radius 3 is 2.71 bits per heavy atom. The number of thiophene rings is 1. The van der Waals surface area contributed by atoms with Crippen molar-refractivity contribution in [2.75, 3.05) is 5.32 Å². The van der Waals surface area contributed by atoms with Crippen LogP contribution in [0.1, 0.15) is 4.88 Å². The smallest absolute Gasteiger partial charge is 0.152 e. The largest absolute Gasteiger partial charge is 0.378 e. The topological polar surface area (TPSA) is 24.9 Å². The van der Waals surface area contributed by atoms with E-state index in [1.54, 1.807) is 6.20 Å². The van der Waals surface area contributed by atoms with Crippen LogP contribution in [-0.2, 0) is 6.54 Å². The maximum atomic E-state index is 5.97. The first-order valence-corrected chi connectivity index (χ1v) is 7.70. The molecule has 0 amide bonds. The van der Waals surface area contributed by atoms with Crippen LogP contribution in [0.4, 0.5) is 5.69 Å². The lowest BCUT2D eigenvalue weighted by atomic mass is 10.4. The van der Waals surface area contributed by atoms with E-state index in [0.717, 1.165) is 23.8 Å². The van der Waals surface area contributed by atoms with Crippen molar-refractivity contribution in [3.05, 3.63) is 41.6 Å². The summed E-state index contributed by atoms with van der Waals surface area (Å²) in [5.41, 5.74) is 0.793. The molecule has 0 aromatic carbocycles. The number of nitrogens with one attached hydrogen (secondary N) is 1. The van der Waals surface area contributed by atoms with Crippen molar-refractivity contribution in [2.24, 2.45) is 0 Å². The summed E-state index contributed by atoms with van der Waals surface area (Å²) in [7, 11) is 0. The quantitative estimate of drug-likeness (QED) is 0.660. The Labute approximate surface area is 130 Å². The van der Waals surface area contributed by atoms with Gasteiger partial charge in [-0.1, -0.05) is 23.2 Å². The van der Waals surface area contributed by atoms with Gasteiger partial charge in [0.15, 0.2) is 5.15 Å². The zero-order valence-corrected chi connectivity index (χ0v) is 13.8. The maximum Gasteiger partial charge on any atom is 0.152 e. The average Bonchev–Trinajstić information content (AvgIpc) is 2.60. The molecule has 17 heavy (non-hydrogen) atoms. The SMILES string of the molecule is Clc1ncc(Br)cc1NCc1cc(Br)c(Cl)s1. The van der Waals surface area contributed by atoms with Gasteiger partial charge in [0, 0.05) is 26.6 Å². The molecule has 0 aliphatic carbocycles. The fourth-order valence-corrected chi connectivity index (χ4v) is 3.44. The molecule has 7 heteroatoms. The molecule has 0 unspecified atom stereocenters. The molecular weight excluding hydrogens is 411 g/mol. The van der Waals surface area contributed by atoms with Crippen LogP contribution in [0, 0.1) is 0 Å². The lowest BCUT2D eigenvalue weighted by molar-refractivity contribution is 1.17. The van der Waals surface area contributed by atoms with Crippen molar-refractivity contribution in [3.63, 3.8) is 0 Å². The molecule has 1 N–H and O–H groups in total. The highest BCUT2D eigenvalue weighted by molar-refractivity contribution is 9.10. The van der Waals surface area contributed by atoms with Crippen LogP contribution >= 0.6 is 66.4 Å². The summed E-state index contributed by atoms with van der Waals surface area (Å²) >= 11 is 20.2. The van der Waals surface area contributed by atoms with E-state index in [0.29, 0.717) is 11.7 Å². The maximum absolute atomic E-state index is 5.97. The molecule has 0 saturated heterocycles. The molecule has 0 spiro atoms. The fraction of sp³-hybridized carbons (Fsp3) is 0.100. The van der Waals surface area contributed by atoms with Crippen LogP contribution in [0.5, 0.6) is 0 Å². The summed E-state index contributed by atoms with van der Waals surface area (Å²) in [6.45, 7) is 0.661. The molecule has 2 aromatic rings. The molecule has 0 atom stereocenters. The summed E-state index contributed by atoms with van der Waals surface area (Å²) in [5, 5.41) is 3.67. The average molecular weight is 417 g/mol. The lowest BCUT2D eigenvalue weighted by Gasteiger charge is -2.06. The van der Waals surface area contributed by atoms with Gasteiger partial charge in [-0.15, -0.1) is 11.3 Å². The van der Waals surface area contributed by atoms with Gasteiger partial charge in [0.05, 0.1) is 5.69 Å². The fourth-order valence-electron chi connectivity index (χ4n) is 1.21. The van der Waals surface area contributed by atoms with Gasteiger partial charge in [0.2, 0.25) is 0 Å². The number of aromatic nitrogens is 1. The zero-order chi connectivity index (χ0) is 12.4. The molecule has 0 radical (unpaired) electrons. The minimum atomic E-state index is 0.454. The van der Waals surface area contributed by atoms with Crippen LogP contribution < -0.4 is 5.32 Å². The van der Waals surface area contributed by atoms with E-state index in [1.165, 1.54) is 11.3 Å². The van der Waals surface area contributed by atoms with Gasteiger partial charge >= 0.3 is 0 Å². The second-order valence-electron chi connectivity index (χ2n) is 3.18. The predicted octanol–water partition coefficient (Wildman–Crippen LogP) is 5.59. The van der Waals surface area contributed by atoms with Crippen molar-refractivity contribution < 1.29 is 0 Å². The molecule has 2 rings (SSSR count). The van der Waals surface area contributed by atoms with Crippen LogP contribution in [0.25, 0.3) is 0 Å². The van der Waals surface area contributed by atoms with E-state index in [4.69, 9.17) is 23.2 Å². The van der Waals surface area contributed by atoms with Crippen LogP contribution in [0.2, 0.25) is 9.49 Å². The molecule has 0 bridgehead atoms. The summed E-state index contributed by atoms with van der Waals surface area (Å²) in [5.74, 6) is 0. The molecule has 90 valence electrons. The molecular formula is C10H6Br2Cl2N2S. The van der Waals surface area contributed by atoms with Gasteiger partial charge in [0.25, 0.3) is 0 Å². The van der Waals surface area contributed by atoms with E-state index in [2.05, 4.69) is 42.2 Å². The van der Waals surface area contributed by atoms with Crippen molar-refractivity contribution >= 4 is 72.1 Å². The zero-order valence-electron chi connectivity index (χ0n) is 8.31. The van der Waals surface area contributed by atoms with Crippen LogP contribution in [-0.4, -0.2) is 4.98 Å². The van der Waals surface area contributed by atoms with E-state index in [9.17, 15) is 0 Å². The normalized spacial score (nSPS) is 10.6. The third kappa shape index (κ3) is 3.58. The highest BCUT2D eigenvalue weighted by Gasteiger charge is 2.06. The first-order chi connectivity index (χ1) is 8.06. The molecule has 0 fully saturated rings. The highest BCUT2D eigenvalue weighted by atomic mass is 79.9. The molecule has 2 heterocycles. The van der Waals surface area contributed by atoms with E-state index in [1.807, 2.05) is 12.1 Å². The molecule has 0 aliphatic heterocycles. The minimum Gasteiger partial charge on any atom is -0.378 e. The summed E-state index contributed by atoms with van der Waals surface area (Å²) in [6.07, 6.45) is 1.66. The first kappa shape index (κ1) is 13.6. The monoisotopic (exact) mass is 414 g/mol. The number of pyridine rings is 1. The van der Waals surface area contributed by atoms with Crippen molar-refractivity contribution in [1.82, 2.24) is 4.98 Å². The Morgan fingerprint density at radius 2 is 2.06 bits per heavy atom. The minimum absolute atomic E-state index is 0.454. The van der Waals surface area contributed by atoms with Gasteiger partial charge in [-0.3, -0.25) is 0 Å². The van der Waals surface area contributed by atoms with Gasteiger partial charge in [-0.2, -0.15) is 0 Å². The Morgan fingerprint density at radius 1 is 1.29 bits per heavy atom. The van der Waals surface area contributed by atoms with Gasteiger partial charge < -0.3 is 5.32 Å². The Bertz CT molecular complexity index is 526. The summed E-state index contributed by atoms with van der Waals surface area (Å²) in [6, 6.07) is 3.87. The summed E-state index contributed by atoms with van der Waals surface area (Å²) in [4.78, 5) is 5.16. The van der Waals surface area contributed by atoms with Gasteiger partial charge in [-0.25, -0.2) is 4.98 Å². The number of rotatable bonds is 3. The Hall–Kier alpha value is 0.190. The molecule has 2 aromatic heterocycles. The number of hydrogen-bond acceptors (Lipinski definition) is 3. The summed E-state index contributed by atoms with van der Waals surface area (Å²) < 4.78 is 2.55. The second kappa shape index (κ2) is 5.89. The van der Waals surface area contributed by atoms with Crippen molar-refractivity contribution in [2.45, 2.75) is 6.54 Å². The number of halogens is 4. The first-order valence-electron chi connectivity index (χ1n) is 4.55. The molecule has 0 saturated carbocycles. The van der Waals surface area contributed by atoms with Gasteiger partial charge in [-0.05, 0) is 44.0 Å². The highest BCUT2D eigenvalue weighted by Crippen LogP contribution is 2.32.